The summed E-state index contributed by atoms with van der Waals surface area (Å²) < 4.78 is 4.58. The first-order valence-electron chi connectivity index (χ1n) is 8.35. The van der Waals surface area contributed by atoms with Crippen molar-refractivity contribution < 1.29 is 39.2 Å². The summed E-state index contributed by atoms with van der Waals surface area (Å²) in [7, 11) is 1.13. The highest BCUT2D eigenvalue weighted by atomic mass is 16.5. The number of carbonyl (C=O) groups excluding carboxylic acids is 4. The molecule has 0 unspecified atom stereocenters. The Balaban J connectivity index is 2.38. The van der Waals surface area contributed by atoms with Crippen LogP contribution < -0.4 is 0 Å². The van der Waals surface area contributed by atoms with Gasteiger partial charge in [-0.3, -0.25) is 19.2 Å². The lowest BCUT2D eigenvalue weighted by atomic mass is 9.78. The SMILES string of the molecule is CCC(=O)c1c(CC(=O)OC)c(O)cc2c1C(=O)c1c(O)cc(O)cc1C2=O. The van der Waals surface area contributed by atoms with Gasteiger partial charge in [0.1, 0.15) is 17.2 Å². The Labute approximate surface area is 159 Å². The van der Waals surface area contributed by atoms with Gasteiger partial charge in [0.05, 0.1) is 19.1 Å². The van der Waals surface area contributed by atoms with Gasteiger partial charge in [-0.05, 0) is 12.1 Å². The van der Waals surface area contributed by atoms with Crippen molar-refractivity contribution in [3.8, 4) is 17.2 Å². The number of carbonyl (C=O) groups is 4. The summed E-state index contributed by atoms with van der Waals surface area (Å²) in [5, 5.41) is 30.1. The predicted molar refractivity (Wildman–Crippen MR) is 95.1 cm³/mol. The number of fused-ring (bicyclic) bond motifs is 2. The van der Waals surface area contributed by atoms with Crippen LogP contribution >= 0.6 is 0 Å². The second-order valence-corrected chi connectivity index (χ2v) is 6.25. The molecule has 0 radical (unpaired) electrons. The maximum Gasteiger partial charge on any atom is 0.310 e. The molecule has 2 aromatic rings. The quantitative estimate of drug-likeness (QED) is 0.458. The fraction of sp³-hybridized carbons (Fsp3) is 0.200. The predicted octanol–water partition coefficient (Wildman–Crippen LogP) is 1.89. The molecule has 2 aromatic carbocycles. The van der Waals surface area contributed by atoms with Gasteiger partial charge in [-0.25, -0.2) is 0 Å². The van der Waals surface area contributed by atoms with Crippen LogP contribution in [0.4, 0.5) is 0 Å². The minimum Gasteiger partial charge on any atom is -0.508 e. The van der Waals surface area contributed by atoms with E-state index in [-0.39, 0.29) is 39.8 Å². The van der Waals surface area contributed by atoms with Gasteiger partial charge >= 0.3 is 5.97 Å². The molecule has 1 aliphatic carbocycles. The van der Waals surface area contributed by atoms with Crippen LogP contribution in [0.15, 0.2) is 18.2 Å². The molecule has 3 rings (SSSR count). The molecule has 8 nitrogen and oxygen atoms in total. The summed E-state index contributed by atoms with van der Waals surface area (Å²) >= 11 is 0. The summed E-state index contributed by atoms with van der Waals surface area (Å²) in [6.45, 7) is 1.53. The van der Waals surface area contributed by atoms with Gasteiger partial charge in [0.25, 0.3) is 0 Å². The van der Waals surface area contributed by atoms with Crippen LogP contribution in [-0.4, -0.2) is 45.7 Å². The van der Waals surface area contributed by atoms with E-state index in [1.165, 1.54) is 6.92 Å². The molecule has 0 fully saturated rings. The third kappa shape index (κ3) is 2.79. The molecule has 0 aromatic heterocycles. The van der Waals surface area contributed by atoms with E-state index in [2.05, 4.69) is 4.74 Å². The van der Waals surface area contributed by atoms with Crippen molar-refractivity contribution in [3.05, 3.63) is 51.6 Å². The number of rotatable bonds is 4. The number of aromatic hydroxyl groups is 3. The van der Waals surface area contributed by atoms with E-state index in [1.54, 1.807) is 0 Å². The molecule has 0 aliphatic heterocycles. The Kier molecular flexibility index (Phi) is 4.64. The summed E-state index contributed by atoms with van der Waals surface area (Å²) in [6.07, 6.45) is -0.535. The number of ketones is 3. The lowest BCUT2D eigenvalue weighted by Gasteiger charge is -2.23. The number of ether oxygens (including phenoxy) is 1. The molecule has 28 heavy (non-hydrogen) atoms. The Morgan fingerprint density at radius 2 is 1.57 bits per heavy atom. The van der Waals surface area contributed by atoms with Gasteiger partial charge in [0.15, 0.2) is 17.3 Å². The van der Waals surface area contributed by atoms with E-state index in [4.69, 9.17) is 0 Å². The van der Waals surface area contributed by atoms with Crippen molar-refractivity contribution in [3.63, 3.8) is 0 Å². The maximum atomic E-state index is 13.1. The van der Waals surface area contributed by atoms with Crippen LogP contribution in [0.1, 0.15) is 61.1 Å². The summed E-state index contributed by atoms with van der Waals surface area (Å²) in [5.41, 5.74) is -1.51. The van der Waals surface area contributed by atoms with Gasteiger partial charge in [-0.1, -0.05) is 6.92 Å². The van der Waals surface area contributed by atoms with E-state index >= 15 is 0 Å². The van der Waals surface area contributed by atoms with Crippen LogP contribution in [-0.2, 0) is 16.0 Å². The number of esters is 1. The fourth-order valence-corrected chi connectivity index (χ4v) is 3.30. The molecule has 1 aliphatic rings. The molecule has 0 bridgehead atoms. The first-order valence-corrected chi connectivity index (χ1v) is 8.35. The molecule has 0 saturated carbocycles. The van der Waals surface area contributed by atoms with Gasteiger partial charge in [-0.2, -0.15) is 0 Å². The first kappa shape index (κ1) is 19.1. The van der Waals surface area contributed by atoms with Gasteiger partial charge in [0, 0.05) is 40.3 Å². The zero-order valence-corrected chi connectivity index (χ0v) is 15.0. The number of Topliss-reactive ketones (excluding diaryl/α,β-unsaturated/α-hetero) is 1. The standard InChI is InChI=1S/C20H16O8/c1-3-12(22)16-9(7-15(25)28-2)13(23)6-11-18(16)20(27)17-10(19(11)26)4-8(21)5-14(17)24/h4-6,21,23-24H,3,7H2,1-2H3. The van der Waals surface area contributed by atoms with E-state index in [0.29, 0.717) is 0 Å². The highest BCUT2D eigenvalue weighted by Gasteiger charge is 2.38. The minimum absolute atomic E-state index is 0.0556. The fourth-order valence-electron chi connectivity index (χ4n) is 3.30. The molecule has 0 spiro atoms. The number of hydrogen-bond donors (Lipinski definition) is 3. The molecule has 8 heteroatoms. The van der Waals surface area contributed by atoms with Crippen LogP contribution in [0.3, 0.4) is 0 Å². The first-order chi connectivity index (χ1) is 13.2. The van der Waals surface area contributed by atoms with Crippen molar-refractivity contribution in [2.75, 3.05) is 7.11 Å². The van der Waals surface area contributed by atoms with Crippen LogP contribution in [0.2, 0.25) is 0 Å². The number of methoxy groups -OCH3 is 1. The molecule has 0 atom stereocenters. The molecule has 144 valence electrons. The number of hydrogen-bond acceptors (Lipinski definition) is 8. The number of phenolic OH excluding ortho intramolecular Hbond substituents is 3. The van der Waals surface area contributed by atoms with Gasteiger partial charge < -0.3 is 20.1 Å². The molecular formula is C20H16O8. The Hall–Kier alpha value is -3.68. The molecule has 3 N–H and O–H groups in total. The van der Waals surface area contributed by atoms with E-state index in [9.17, 15) is 34.5 Å². The van der Waals surface area contributed by atoms with Gasteiger partial charge in [-0.15, -0.1) is 0 Å². The van der Waals surface area contributed by atoms with Gasteiger partial charge in [0.2, 0.25) is 0 Å². The zero-order valence-electron chi connectivity index (χ0n) is 15.0. The lowest BCUT2D eigenvalue weighted by Crippen LogP contribution is -2.26. The second-order valence-electron chi connectivity index (χ2n) is 6.25. The monoisotopic (exact) mass is 384 g/mol. The number of benzene rings is 2. The largest absolute Gasteiger partial charge is 0.508 e. The molecule has 0 amide bonds. The topological polar surface area (TPSA) is 138 Å². The number of phenols is 3. The van der Waals surface area contributed by atoms with Crippen LogP contribution in [0, 0.1) is 0 Å². The summed E-state index contributed by atoms with van der Waals surface area (Å²) in [4.78, 5) is 50.3. The molecule has 0 saturated heterocycles. The summed E-state index contributed by atoms with van der Waals surface area (Å²) in [6, 6.07) is 2.94. The van der Waals surface area contributed by atoms with Crippen molar-refractivity contribution in [2.24, 2.45) is 0 Å². The van der Waals surface area contributed by atoms with Crippen LogP contribution in [0.5, 0.6) is 17.2 Å². The third-order valence-corrected chi connectivity index (χ3v) is 4.61. The highest BCUT2D eigenvalue weighted by Crippen LogP contribution is 2.40. The Morgan fingerprint density at radius 1 is 0.929 bits per heavy atom. The highest BCUT2D eigenvalue weighted by molar-refractivity contribution is 6.32. The minimum atomic E-state index is -0.815. The maximum absolute atomic E-state index is 13.1. The van der Waals surface area contributed by atoms with Crippen molar-refractivity contribution in [1.29, 1.82) is 0 Å². The van der Waals surface area contributed by atoms with E-state index in [1.807, 2.05) is 0 Å². The second kappa shape index (κ2) is 6.80. The Morgan fingerprint density at radius 3 is 2.18 bits per heavy atom. The Bertz CT molecular complexity index is 1060. The van der Waals surface area contributed by atoms with Crippen molar-refractivity contribution in [2.45, 2.75) is 19.8 Å². The average molecular weight is 384 g/mol. The molecule has 0 heterocycles. The van der Waals surface area contributed by atoms with E-state index in [0.717, 1.165) is 25.3 Å². The smallest absolute Gasteiger partial charge is 0.310 e. The normalized spacial score (nSPS) is 12.4. The summed E-state index contributed by atoms with van der Waals surface area (Å²) in [5.74, 6) is -4.41. The third-order valence-electron chi connectivity index (χ3n) is 4.61. The average Bonchev–Trinajstić information content (AvgIpc) is 2.65. The van der Waals surface area contributed by atoms with Crippen LogP contribution in [0.25, 0.3) is 0 Å². The molecular weight excluding hydrogens is 368 g/mol. The van der Waals surface area contributed by atoms with E-state index < -0.39 is 47.0 Å². The zero-order chi connectivity index (χ0) is 20.7. The van der Waals surface area contributed by atoms with Crippen molar-refractivity contribution >= 4 is 23.3 Å². The van der Waals surface area contributed by atoms with Crippen molar-refractivity contribution in [1.82, 2.24) is 0 Å². The lowest BCUT2D eigenvalue weighted by molar-refractivity contribution is -0.139.